The standard InChI is InChI=1S/C31H35N3O5/c35-22-11-12-27(28(36)17-22)34-30(37)25-5-2-6-26(29(25)31(34)38)32-18-20-7-9-21(10-8-20)19-33-15-13-24(14-16-33)39-23-3-1-4-23/h2,5-10,23-24,27,32H,1,3-4,11-19H2. The molecular weight excluding hydrogens is 494 g/mol. The topological polar surface area (TPSA) is 96.0 Å². The lowest BCUT2D eigenvalue weighted by molar-refractivity contribution is -0.132. The number of carbonyl (C=O) groups excluding carboxylic acids is 4. The summed E-state index contributed by atoms with van der Waals surface area (Å²) in [5.74, 6) is -1.43. The molecule has 4 aliphatic rings. The highest BCUT2D eigenvalue weighted by atomic mass is 16.5. The Morgan fingerprint density at radius 3 is 2.23 bits per heavy atom. The van der Waals surface area contributed by atoms with Crippen LogP contribution in [0.1, 0.15) is 83.2 Å². The molecule has 6 rings (SSSR count). The first-order valence-electron chi connectivity index (χ1n) is 14.2. The van der Waals surface area contributed by atoms with Crippen molar-refractivity contribution in [1.29, 1.82) is 0 Å². The molecule has 1 N–H and O–H groups in total. The normalized spacial score (nSPS) is 22.8. The van der Waals surface area contributed by atoms with Gasteiger partial charge in [0.05, 0.1) is 35.8 Å². The molecule has 2 heterocycles. The summed E-state index contributed by atoms with van der Waals surface area (Å²) in [7, 11) is 0. The summed E-state index contributed by atoms with van der Waals surface area (Å²) in [4.78, 5) is 54.0. The number of likely N-dealkylation sites (tertiary alicyclic amines) is 1. The number of benzene rings is 2. The SMILES string of the molecule is O=C1CCC(N2C(=O)c3cccc(NCc4ccc(CN5CCC(OC6CCC6)CC5)cc4)c3C2=O)C(=O)C1. The van der Waals surface area contributed by atoms with E-state index in [9.17, 15) is 19.2 Å². The predicted molar refractivity (Wildman–Crippen MR) is 145 cm³/mol. The fourth-order valence-corrected chi connectivity index (χ4v) is 6.07. The summed E-state index contributed by atoms with van der Waals surface area (Å²) >= 11 is 0. The number of fused-ring (bicyclic) bond motifs is 1. The molecule has 1 atom stereocenters. The van der Waals surface area contributed by atoms with Gasteiger partial charge in [-0.15, -0.1) is 0 Å². The molecule has 2 amide bonds. The van der Waals surface area contributed by atoms with Gasteiger partial charge >= 0.3 is 0 Å². The van der Waals surface area contributed by atoms with E-state index >= 15 is 0 Å². The number of piperidine rings is 1. The average molecular weight is 530 g/mol. The van der Waals surface area contributed by atoms with Crippen molar-refractivity contribution < 1.29 is 23.9 Å². The van der Waals surface area contributed by atoms with Crippen molar-refractivity contribution in [2.45, 2.75) is 82.7 Å². The van der Waals surface area contributed by atoms with Gasteiger partial charge < -0.3 is 10.1 Å². The van der Waals surface area contributed by atoms with Crippen LogP contribution in [-0.4, -0.2) is 64.5 Å². The first kappa shape index (κ1) is 25.9. The molecule has 8 nitrogen and oxygen atoms in total. The van der Waals surface area contributed by atoms with Gasteiger partial charge in [-0.1, -0.05) is 30.3 Å². The second-order valence-electron chi connectivity index (χ2n) is 11.3. The van der Waals surface area contributed by atoms with Gasteiger partial charge in [0.25, 0.3) is 11.8 Å². The molecule has 204 valence electrons. The molecule has 2 aliphatic heterocycles. The molecule has 2 aromatic carbocycles. The van der Waals surface area contributed by atoms with Crippen LogP contribution < -0.4 is 5.32 Å². The van der Waals surface area contributed by atoms with Gasteiger partial charge in [-0.2, -0.15) is 0 Å². The van der Waals surface area contributed by atoms with Gasteiger partial charge in [-0.3, -0.25) is 29.0 Å². The van der Waals surface area contributed by atoms with Crippen molar-refractivity contribution in [2.24, 2.45) is 0 Å². The third-order valence-electron chi connectivity index (χ3n) is 8.58. The lowest BCUT2D eigenvalue weighted by Gasteiger charge is -2.36. The maximum atomic E-state index is 13.3. The zero-order valence-corrected chi connectivity index (χ0v) is 22.2. The molecule has 2 aliphatic carbocycles. The number of nitrogens with one attached hydrogen (secondary N) is 1. The lowest BCUT2D eigenvalue weighted by atomic mass is 9.92. The van der Waals surface area contributed by atoms with Crippen molar-refractivity contribution in [3.05, 3.63) is 64.7 Å². The summed E-state index contributed by atoms with van der Waals surface area (Å²) < 4.78 is 6.19. The minimum absolute atomic E-state index is 0.139. The Hall–Kier alpha value is -3.36. The van der Waals surface area contributed by atoms with Crippen LogP contribution in [0.5, 0.6) is 0 Å². The quantitative estimate of drug-likeness (QED) is 0.406. The van der Waals surface area contributed by atoms with Crippen molar-refractivity contribution in [2.75, 3.05) is 18.4 Å². The molecule has 1 unspecified atom stereocenters. The minimum Gasteiger partial charge on any atom is -0.380 e. The Morgan fingerprint density at radius 1 is 0.821 bits per heavy atom. The smallest absolute Gasteiger partial charge is 0.264 e. The van der Waals surface area contributed by atoms with E-state index in [0.29, 0.717) is 35.6 Å². The van der Waals surface area contributed by atoms with Gasteiger partial charge in [0.15, 0.2) is 5.78 Å². The number of nitrogens with zero attached hydrogens (tertiary/aromatic N) is 2. The molecule has 2 saturated carbocycles. The molecule has 2 aromatic rings. The van der Waals surface area contributed by atoms with Gasteiger partial charge in [-0.05, 0) is 61.8 Å². The number of hydrogen-bond acceptors (Lipinski definition) is 7. The van der Waals surface area contributed by atoms with E-state index < -0.39 is 17.9 Å². The molecule has 0 radical (unpaired) electrons. The minimum atomic E-state index is -0.864. The van der Waals surface area contributed by atoms with Crippen LogP contribution in [0, 0.1) is 0 Å². The Balaban J connectivity index is 1.05. The summed E-state index contributed by atoms with van der Waals surface area (Å²) in [6, 6.07) is 12.8. The lowest BCUT2D eigenvalue weighted by Crippen LogP contribution is -2.47. The van der Waals surface area contributed by atoms with E-state index in [0.717, 1.165) is 42.9 Å². The Labute approximate surface area is 228 Å². The van der Waals surface area contributed by atoms with Crippen LogP contribution in [0.3, 0.4) is 0 Å². The van der Waals surface area contributed by atoms with Crippen molar-refractivity contribution >= 4 is 29.1 Å². The first-order chi connectivity index (χ1) is 19.0. The van der Waals surface area contributed by atoms with Crippen molar-refractivity contribution in [1.82, 2.24) is 9.80 Å². The zero-order valence-electron chi connectivity index (χ0n) is 22.2. The Bertz CT molecular complexity index is 1280. The van der Waals surface area contributed by atoms with E-state index in [2.05, 4.69) is 34.5 Å². The molecule has 3 fully saturated rings. The van der Waals surface area contributed by atoms with Gasteiger partial charge in [0.1, 0.15) is 5.78 Å². The zero-order chi connectivity index (χ0) is 26.9. The fraction of sp³-hybridized carbons (Fsp3) is 0.484. The fourth-order valence-electron chi connectivity index (χ4n) is 6.07. The van der Waals surface area contributed by atoms with Crippen LogP contribution in [0.15, 0.2) is 42.5 Å². The highest BCUT2D eigenvalue weighted by molar-refractivity contribution is 6.25. The molecule has 0 spiro atoms. The Morgan fingerprint density at radius 2 is 1.54 bits per heavy atom. The van der Waals surface area contributed by atoms with E-state index in [4.69, 9.17) is 4.74 Å². The molecule has 0 bridgehead atoms. The van der Waals surface area contributed by atoms with Crippen LogP contribution in [-0.2, 0) is 27.4 Å². The van der Waals surface area contributed by atoms with Gasteiger partial charge in [0, 0.05) is 38.3 Å². The monoisotopic (exact) mass is 529 g/mol. The van der Waals surface area contributed by atoms with Gasteiger partial charge in [0.2, 0.25) is 0 Å². The number of Topliss-reactive ketones (excluding diaryl/α,β-unsaturated/α-hetero) is 2. The molecule has 0 aromatic heterocycles. The third-order valence-corrected chi connectivity index (χ3v) is 8.58. The van der Waals surface area contributed by atoms with Crippen molar-refractivity contribution in [3.8, 4) is 0 Å². The molecular formula is C31H35N3O5. The highest BCUT2D eigenvalue weighted by Crippen LogP contribution is 2.33. The summed E-state index contributed by atoms with van der Waals surface area (Å²) in [5.41, 5.74) is 3.51. The van der Waals surface area contributed by atoms with Crippen molar-refractivity contribution in [3.63, 3.8) is 0 Å². The first-order valence-corrected chi connectivity index (χ1v) is 14.2. The summed E-state index contributed by atoms with van der Waals surface area (Å²) in [6.07, 6.45) is 7.08. The number of imide groups is 1. The summed E-state index contributed by atoms with van der Waals surface area (Å²) in [6.45, 7) is 3.55. The predicted octanol–water partition coefficient (Wildman–Crippen LogP) is 4.12. The highest BCUT2D eigenvalue weighted by Gasteiger charge is 2.45. The molecule has 1 saturated heterocycles. The number of amides is 2. The number of hydrogen-bond donors (Lipinski definition) is 1. The number of carbonyl (C=O) groups is 4. The van der Waals surface area contributed by atoms with Crippen LogP contribution in [0.2, 0.25) is 0 Å². The Kier molecular flexibility index (Phi) is 7.32. The third kappa shape index (κ3) is 5.40. The van der Waals surface area contributed by atoms with Crippen LogP contribution in [0.4, 0.5) is 5.69 Å². The van der Waals surface area contributed by atoms with Gasteiger partial charge in [-0.25, -0.2) is 0 Å². The summed E-state index contributed by atoms with van der Waals surface area (Å²) in [5, 5.41) is 3.32. The molecule has 39 heavy (non-hydrogen) atoms. The van der Waals surface area contributed by atoms with E-state index in [1.165, 1.54) is 24.8 Å². The number of ketones is 2. The second kappa shape index (κ2) is 11.0. The van der Waals surface area contributed by atoms with E-state index in [1.54, 1.807) is 18.2 Å². The number of rotatable bonds is 8. The average Bonchev–Trinajstić information content (AvgIpc) is 3.17. The second-order valence-corrected chi connectivity index (χ2v) is 11.3. The maximum absolute atomic E-state index is 13.3. The maximum Gasteiger partial charge on any atom is 0.264 e. The van der Waals surface area contributed by atoms with Crippen LogP contribution >= 0.6 is 0 Å². The largest absolute Gasteiger partial charge is 0.380 e. The van der Waals surface area contributed by atoms with Crippen LogP contribution in [0.25, 0.3) is 0 Å². The number of anilines is 1. The van der Waals surface area contributed by atoms with E-state index in [1.807, 2.05) is 0 Å². The molecule has 8 heteroatoms. The van der Waals surface area contributed by atoms with E-state index in [-0.39, 0.29) is 30.8 Å². The number of ether oxygens (including phenoxy) is 1.